The number of hydrogen-bond acceptors (Lipinski definition) is 10. The molecule has 2 aromatic rings. The van der Waals surface area contributed by atoms with Crippen LogP contribution in [-0.2, 0) is 19.1 Å². The summed E-state index contributed by atoms with van der Waals surface area (Å²) in [5.74, 6) is 0.529. The Hall–Kier alpha value is -5.06. The fourth-order valence-electron chi connectivity index (χ4n) is 9.47. The second-order valence-corrected chi connectivity index (χ2v) is 20.0. The van der Waals surface area contributed by atoms with Gasteiger partial charge in [-0.2, -0.15) is 0 Å². The quantitative estimate of drug-likeness (QED) is 0.210. The summed E-state index contributed by atoms with van der Waals surface area (Å²) < 4.78 is 21.9. The van der Waals surface area contributed by atoms with Crippen LogP contribution in [0.4, 0.5) is 21.0 Å². The number of methoxy groups -OCH3 is 2. The second kappa shape index (κ2) is 22.2. The molecule has 0 atom stereocenters. The summed E-state index contributed by atoms with van der Waals surface area (Å²) in [7, 11) is 2.58. The van der Waals surface area contributed by atoms with Crippen molar-refractivity contribution in [2.75, 3.05) is 50.2 Å². The van der Waals surface area contributed by atoms with Crippen molar-refractivity contribution in [3.05, 3.63) is 45.4 Å². The molecule has 2 aromatic carbocycles. The van der Waals surface area contributed by atoms with Crippen LogP contribution >= 0.6 is 15.9 Å². The number of nitrogens with zero attached hydrogens (tertiary/aromatic N) is 4. The number of alkyl carbamates (subject to hydrolysis) is 2. The molecule has 16 nitrogen and oxygen atoms in total. The SMILES string of the molecule is COC(=O)NCCN1C(=O)C(C)(C)Oc2cc(Br)c(C(=O)N(C(C)C)C3CCCCC3)cc21.COC(=O)NCCN1C(=O)C(C)(C)Oc2cc(C)c(C(=O)N(C(C)C)C3CCCCC3)cc21. The van der Waals surface area contributed by atoms with Gasteiger partial charge in [-0.3, -0.25) is 19.2 Å². The molecule has 0 bridgehead atoms. The lowest BCUT2D eigenvalue weighted by Crippen LogP contribution is -2.54. The lowest BCUT2D eigenvalue weighted by atomic mass is 9.92. The first kappa shape index (κ1) is 51.9. The molecule has 2 fully saturated rings. The third-order valence-corrected chi connectivity index (χ3v) is 13.4. The zero-order valence-corrected chi connectivity index (χ0v) is 42.4. The van der Waals surface area contributed by atoms with Crippen molar-refractivity contribution in [1.29, 1.82) is 0 Å². The molecule has 0 radical (unpaired) electrons. The van der Waals surface area contributed by atoms with Crippen LogP contribution in [0.2, 0.25) is 0 Å². The second-order valence-electron chi connectivity index (χ2n) is 19.1. The van der Waals surface area contributed by atoms with E-state index in [1.165, 1.54) is 27.1 Å². The van der Waals surface area contributed by atoms with Crippen LogP contribution in [0.3, 0.4) is 0 Å². The number of aryl methyl sites for hydroxylation is 1. The van der Waals surface area contributed by atoms with Gasteiger partial charge in [-0.15, -0.1) is 0 Å². The average Bonchev–Trinajstić information content (AvgIpc) is 3.26. The lowest BCUT2D eigenvalue weighted by molar-refractivity contribution is -0.133. The molecule has 2 aliphatic heterocycles. The molecule has 0 unspecified atom stereocenters. The number of hydrogen-bond donors (Lipinski definition) is 2. The third-order valence-electron chi connectivity index (χ3n) is 12.7. The van der Waals surface area contributed by atoms with E-state index >= 15 is 0 Å². The maximum Gasteiger partial charge on any atom is 0.406 e. The van der Waals surface area contributed by atoms with Crippen molar-refractivity contribution in [2.24, 2.45) is 0 Å². The van der Waals surface area contributed by atoms with E-state index in [0.29, 0.717) is 38.5 Å². The number of anilines is 2. The Morgan fingerprint density at radius 1 is 0.667 bits per heavy atom. The molecule has 364 valence electrons. The van der Waals surface area contributed by atoms with E-state index in [2.05, 4.69) is 49.9 Å². The Morgan fingerprint density at radius 3 is 1.44 bits per heavy atom. The fourth-order valence-corrected chi connectivity index (χ4v) is 9.96. The first-order chi connectivity index (χ1) is 31.1. The highest BCUT2D eigenvalue weighted by molar-refractivity contribution is 9.10. The van der Waals surface area contributed by atoms with Crippen molar-refractivity contribution in [1.82, 2.24) is 20.4 Å². The number of nitrogens with one attached hydrogen (secondary N) is 2. The molecule has 0 spiro atoms. The molecule has 2 N–H and O–H groups in total. The van der Waals surface area contributed by atoms with Crippen LogP contribution < -0.4 is 29.9 Å². The number of halogens is 1. The number of fused-ring (bicyclic) bond motifs is 2. The maximum absolute atomic E-state index is 13.8. The molecule has 6 amide bonds. The highest BCUT2D eigenvalue weighted by Crippen LogP contribution is 2.43. The van der Waals surface area contributed by atoms with Gasteiger partial charge >= 0.3 is 12.2 Å². The molecule has 0 saturated heterocycles. The maximum atomic E-state index is 13.8. The van der Waals surface area contributed by atoms with Gasteiger partial charge in [0.15, 0.2) is 11.2 Å². The molecule has 66 heavy (non-hydrogen) atoms. The van der Waals surface area contributed by atoms with E-state index in [9.17, 15) is 28.8 Å². The Bertz CT molecular complexity index is 1970. The van der Waals surface area contributed by atoms with Crippen LogP contribution in [0.15, 0.2) is 28.7 Å². The van der Waals surface area contributed by atoms with Crippen LogP contribution in [0.5, 0.6) is 11.5 Å². The average molecular weight is 984 g/mol. The van der Waals surface area contributed by atoms with Crippen LogP contribution in [0.1, 0.15) is 146 Å². The summed E-state index contributed by atoms with van der Waals surface area (Å²) in [5, 5.41) is 5.22. The molecule has 6 rings (SSSR count). The summed E-state index contributed by atoms with van der Waals surface area (Å²) in [6.45, 7) is 17.8. The molecule has 4 aliphatic rings. The highest BCUT2D eigenvalue weighted by atomic mass is 79.9. The van der Waals surface area contributed by atoms with Gasteiger partial charge in [0.1, 0.15) is 11.5 Å². The topological polar surface area (TPSA) is 176 Å². The number of amides is 6. The summed E-state index contributed by atoms with van der Waals surface area (Å²) in [6.07, 6.45) is 9.91. The smallest absolute Gasteiger partial charge is 0.406 e. The van der Waals surface area contributed by atoms with E-state index < -0.39 is 23.4 Å². The van der Waals surface area contributed by atoms with Crippen molar-refractivity contribution in [2.45, 2.75) is 162 Å². The van der Waals surface area contributed by atoms with Crippen molar-refractivity contribution >= 4 is 63.1 Å². The molecule has 17 heteroatoms. The number of carbonyl (C=O) groups is 6. The summed E-state index contributed by atoms with van der Waals surface area (Å²) >= 11 is 3.57. The van der Waals surface area contributed by atoms with Crippen LogP contribution in [-0.4, -0.2) is 121 Å². The Kier molecular flexibility index (Phi) is 17.4. The molecule has 2 saturated carbocycles. The van der Waals surface area contributed by atoms with Gasteiger partial charge in [0.05, 0.1) is 31.2 Å². The van der Waals surface area contributed by atoms with Gasteiger partial charge in [-0.05, 0) is 134 Å². The van der Waals surface area contributed by atoms with Gasteiger partial charge in [-0.25, -0.2) is 9.59 Å². The monoisotopic (exact) mass is 982 g/mol. The van der Waals surface area contributed by atoms with Crippen LogP contribution in [0.25, 0.3) is 0 Å². The van der Waals surface area contributed by atoms with Gasteiger partial charge in [0.25, 0.3) is 23.6 Å². The first-order valence-electron chi connectivity index (χ1n) is 23.4. The van der Waals surface area contributed by atoms with Crippen molar-refractivity contribution in [3.63, 3.8) is 0 Å². The van der Waals surface area contributed by atoms with Gasteiger partial charge in [-0.1, -0.05) is 38.5 Å². The molecule has 2 aliphatic carbocycles. The fraction of sp³-hybridized carbons (Fsp3) is 0.633. The van der Waals surface area contributed by atoms with Crippen LogP contribution in [0, 0.1) is 6.92 Å². The predicted molar refractivity (Wildman–Crippen MR) is 257 cm³/mol. The van der Waals surface area contributed by atoms with Crippen molar-refractivity contribution in [3.8, 4) is 11.5 Å². The third kappa shape index (κ3) is 11.9. The summed E-state index contributed by atoms with van der Waals surface area (Å²) in [5.41, 5.74) is 0.831. The minimum Gasteiger partial charge on any atom is -0.476 e. The largest absolute Gasteiger partial charge is 0.476 e. The number of carbonyl (C=O) groups excluding carboxylic acids is 6. The highest BCUT2D eigenvalue weighted by Gasteiger charge is 2.43. The summed E-state index contributed by atoms with van der Waals surface area (Å²) in [4.78, 5) is 83.9. The number of rotatable bonds is 12. The standard InChI is InChI=1S/C25H37N3O5.C24H34BrN3O5/c1-16(2)28(18-10-8-7-9-11-18)22(29)19-15-20-21(14-17(19)3)33-25(4,5)23(30)27(20)13-12-26-24(31)32-6;1-15(2)28(16-9-7-6-8-10-16)21(29)17-13-19-20(14-18(17)25)33-24(3,4)22(30)27(19)12-11-26-23(31)32-5/h14-16,18H,7-13H2,1-6H3,(H,26,31);13-16H,6-12H2,1-5H3,(H,26,31). The Labute approximate surface area is 398 Å². The zero-order chi connectivity index (χ0) is 48.7. The Morgan fingerprint density at radius 2 is 1.05 bits per heavy atom. The molecule has 2 heterocycles. The molecule has 0 aromatic heterocycles. The van der Waals surface area contributed by atoms with Gasteiger partial charge in [0, 0.05) is 60.4 Å². The minimum atomic E-state index is -1.07. The van der Waals surface area contributed by atoms with E-state index in [1.54, 1.807) is 55.7 Å². The normalized spacial score (nSPS) is 17.9. The first-order valence-corrected chi connectivity index (χ1v) is 24.2. The van der Waals surface area contributed by atoms with E-state index in [4.69, 9.17) is 9.47 Å². The van der Waals surface area contributed by atoms with Gasteiger partial charge in [0.2, 0.25) is 0 Å². The van der Waals surface area contributed by atoms with E-state index in [0.717, 1.165) is 56.9 Å². The number of benzene rings is 2. The number of ether oxygens (including phenoxy) is 4. The molecular formula is C49H71BrN6O10. The zero-order valence-electron chi connectivity index (χ0n) is 40.8. The predicted octanol–water partition coefficient (Wildman–Crippen LogP) is 8.53. The Balaban J connectivity index is 0.000000247. The summed E-state index contributed by atoms with van der Waals surface area (Å²) in [6, 6.07) is 7.69. The lowest BCUT2D eigenvalue weighted by Gasteiger charge is -2.40. The van der Waals surface area contributed by atoms with Crippen molar-refractivity contribution < 1.29 is 47.7 Å². The minimum absolute atomic E-state index is 0.0119. The molecular weight excluding hydrogens is 912 g/mol. The van der Waals surface area contributed by atoms with E-state index in [1.807, 2.05) is 36.6 Å². The van der Waals surface area contributed by atoms with E-state index in [-0.39, 0.29) is 74.0 Å². The van der Waals surface area contributed by atoms with Gasteiger partial charge < -0.3 is 49.2 Å².